The van der Waals surface area contributed by atoms with Gasteiger partial charge in [0.15, 0.2) is 5.78 Å². The fraction of sp³-hybridized carbons (Fsp3) is 0.611. The van der Waals surface area contributed by atoms with Crippen LogP contribution in [0.4, 0.5) is 18.9 Å². The molecule has 1 aromatic rings. The van der Waals surface area contributed by atoms with Crippen molar-refractivity contribution in [3.05, 3.63) is 17.3 Å². The van der Waals surface area contributed by atoms with Gasteiger partial charge in [-0.3, -0.25) is 9.59 Å². The number of hydrogen-bond acceptors (Lipinski definition) is 8. The fourth-order valence-electron chi connectivity index (χ4n) is 3.35. The maximum atomic E-state index is 13.0. The van der Waals surface area contributed by atoms with Crippen LogP contribution < -0.4 is 9.08 Å². The molecule has 12 heteroatoms. The minimum absolute atomic E-state index is 0.00157. The number of halogens is 3. The van der Waals surface area contributed by atoms with Gasteiger partial charge in [-0.05, 0) is 32.8 Å². The maximum Gasteiger partial charge on any atom is 0.534 e. The van der Waals surface area contributed by atoms with Gasteiger partial charge in [-0.1, -0.05) is 13.8 Å². The van der Waals surface area contributed by atoms with Crippen LogP contribution in [0.15, 0.2) is 6.07 Å². The third-order valence-corrected chi connectivity index (χ3v) is 5.72. The molecule has 0 bridgehead atoms. The number of alkyl halides is 3. The smallest absolute Gasteiger partial charge is 0.465 e. The van der Waals surface area contributed by atoms with Gasteiger partial charge in [0.05, 0.1) is 12.3 Å². The summed E-state index contributed by atoms with van der Waals surface area (Å²) in [5, 5.41) is 0. The lowest BCUT2D eigenvalue weighted by atomic mass is 9.89. The van der Waals surface area contributed by atoms with Crippen molar-refractivity contribution in [2.45, 2.75) is 52.1 Å². The molecule has 0 amide bonds. The average Bonchev–Trinajstić information content (AvgIpc) is 2.62. The van der Waals surface area contributed by atoms with E-state index < -0.39 is 44.7 Å². The number of ketones is 1. The third-order valence-electron chi connectivity index (χ3n) is 4.77. The van der Waals surface area contributed by atoms with Gasteiger partial charge in [0.1, 0.15) is 11.5 Å². The molecule has 0 fully saturated rings. The number of ether oxygens (including phenoxy) is 1. The highest BCUT2D eigenvalue weighted by Crippen LogP contribution is 2.40. The van der Waals surface area contributed by atoms with Crippen molar-refractivity contribution < 1.29 is 40.1 Å². The van der Waals surface area contributed by atoms with Gasteiger partial charge in [0.2, 0.25) is 5.88 Å². The topological polar surface area (TPSA) is 103 Å². The molecule has 0 saturated carbocycles. The van der Waals surface area contributed by atoms with E-state index in [1.807, 2.05) is 13.8 Å². The molecular formula is C18H23F3N2O6S. The zero-order valence-corrected chi connectivity index (χ0v) is 17.8. The van der Waals surface area contributed by atoms with Gasteiger partial charge in [-0.25, -0.2) is 4.98 Å². The van der Waals surface area contributed by atoms with Crippen molar-refractivity contribution in [3.63, 3.8) is 0 Å². The summed E-state index contributed by atoms with van der Waals surface area (Å²) in [6, 6.07) is 1.29. The number of nitrogens with zero attached hydrogens (tertiary/aromatic N) is 2. The second kappa shape index (κ2) is 8.78. The Kier molecular flexibility index (Phi) is 7.00. The van der Waals surface area contributed by atoms with E-state index in [0.29, 0.717) is 12.8 Å². The van der Waals surface area contributed by atoms with Crippen LogP contribution in [0.25, 0.3) is 0 Å². The van der Waals surface area contributed by atoms with Gasteiger partial charge in [-0.15, -0.1) is 0 Å². The first-order chi connectivity index (χ1) is 13.9. The van der Waals surface area contributed by atoms with Crippen LogP contribution in [-0.4, -0.2) is 49.9 Å². The van der Waals surface area contributed by atoms with E-state index >= 15 is 0 Å². The molecule has 0 aromatic carbocycles. The Hall–Kier alpha value is -2.37. The third kappa shape index (κ3) is 4.52. The summed E-state index contributed by atoms with van der Waals surface area (Å²) in [4.78, 5) is 30.8. The Morgan fingerprint density at radius 3 is 2.40 bits per heavy atom. The Morgan fingerprint density at radius 1 is 1.30 bits per heavy atom. The summed E-state index contributed by atoms with van der Waals surface area (Å²) in [5.41, 5.74) is -5.86. The van der Waals surface area contributed by atoms with Crippen LogP contribution in [0.3, 0.4) is 0 Å². The number of anilines is 1. The monoisotopic (exact) mass is 452 g/mol. The number of carbonyl (C=O) groups is 2. The molecule has 1 unspecified atom stereocenters. The summed E-state index contributed by atoms with van der Waals surface area (Å²) in [5.74, 6) is -4.10. The fourth-order valence-corrected chi connectivity index (χ4v) is 3.77. The zero-order chi connectivity index (χ0) is 22.9. The Bertz CT molecular complexity index is 929. The summed E-state index contributed by atoms with van der Waals surface area (Å²) in [6.45, 7) is 6.68. The molecule has 0 aliphatic carbocycles. The first-order valence-electron chi connectivity index (χ1n) is 9.37. The van der Waals surface area contributed by atoms with E-state index in [1.54, 1.807) is 11.8 Å². The molecule has 168 valence electrons. The molecule has 2 rings (SSSR count). The van der Waals surface area contributed by atoms with Gasteiger partial charge in [-0.2, -0.15) is 21.6 Å². The average molecular weight is 452 g/mol. The highest BCUT2D eigenvalue weighted by molar-refractivity contribution is 7.88. The molecule has 0 spiro atoms. The van der Waals surface area contributed by atoms with Crippen LogP contribution in [0.2, 0.25) is 0 Å². The summed E-state index contributed by atoms with van der Waals surface area (Å²) in [6.07, 6.45) is 1.22. The van der Waals surface area contributed by atoms with Crippen LogP contribution in [0.1, 0.15) is 49.7 Å². The van der Waals surface area contributed by atoms with E-state index in [-0.39, 0.29) is 30.6 Å². The largest absolute Gasteiger partial charge is 0.534 e. The number of carbonyl (C=O) groups excluding carboxylic acids is 2. The molecule has 0 saturated heterocycles. The van der Waals surface area contributed by atoms with Gasteiger partial charge < -0.3 is 13.8 Å². The number of rotatable bonds is 7. The quantitative estimate of drug-likeness (QED) is 0.269. The molecule has 2 heterocycles. The van der Waals surface area contributed by atoms with Crippen molar-refractivity contribution in [2.75, 3.05) is 18.1 Å². The van der Waals surface area contributed by atoms with Crippen LogP contribution in [0, 0.1) is 12.8 Å². The molecule has 1 atom stereocenters. The van der Waals surface area contributed by atoms with Gasteiger partial charge in [0.25, 0.3) is 0 Å². The van der Waals surface area contributed by atoms with Gasteiger partial charge >= 0.3 is 21.6 Å². The second-order valence-corrected chi connectivity index (χ2v) is 8.28. The number of aromatic nitrogens is 1. The molecule has 1 aliphatic rings. The standard InChI is InChI=1S/C18H23F3N2O6S/c1-5-11(6-2)23-9-12(17(25)28-7-3)15(24)14-13(23)8-10(4)22-16(14)29-30(26,27)18(19,20)21/h8,11-12H,5-7,9H2,1-4H3. The molecule has 30 heavy (non-hydrogen) atoms. The minimum Gasteiger partial charge on any atom is -0.465 e. The normalized spacial score (nSPS) is 17.1. The lowest BCUT2D eigenvalue weighted by Gasteiger charge is -2.39. The first-order valence-corrected chi connectivity index (χ1v) is 10.8. The Morgan fingerprint density at radius 2 is 1.90 bits per heavy atom. The molecule has 1 aliphatic heterocycles. The summed E-state index contributed by atoms with van der Waals surface area (Å²) < 4.78 is 70.9. The molecule has 0 N–H and O–H groups in total. The lowest BCUT2D eigenvalue weighted by molar-refractivity contribution is -0.146. The lowest BCUT2D eigenvalue weighted by Crippen LogP contribution is -2.48. The first kappa shape index (κ1) is 23.9. The van der Waals surface area contributed by atoms with Crippen molar-refractivity contribution in [1.29, 1.82) is 0 Å². The summed E-state index contributed by atoms with van der Waals surface area (Å²) >= 11 is 0. The summed E-state index contributed by atoms with van der Waals surface area (Å²) in [7, 11) is -6.07. The molecule has 0 radical (unpaired) electrons. The predicted molar refractivity (Wildman–Crippen MR) is 101 cm³/mol. The maximum absolute atomic E-state index is 13.0. The van der Waals surface area contributed by atoms with Gasteiger partial charge in [0, 0.05) is 18.3 Å². The van der Waals surface area contributed by atoms with E-state index in [4.69, 9.17) is 4.74 Å². The van der Waals surface area contributed by atoms with E-state index in [9.17, 15) is 31.2 Å². The minimum atomic E-state index is -6.07. The van der Waals surface area contributed by atoms with E-state index in [2.05, 4.69) is 9.17 Å². The van der Waals surface area contributed by atoms with E-state index in [1.165, 1.54) is 13.0 Å². The number of fused-ring (bicyclic) bond motifs is 1. The molecule has 8 nitrogen and oxygen atoms in total. The van der Waals surface area contributed by atoms with Crippen molar-refractivity contribution in [2.24, 2.45) is 5.92 Å². The highest BCUT2D eigenvalue weighted by atomic mass is 32.2. The van der Waals surface area contributed by atoms with Crippen LogP contribution >= 0.6 is 0 Å². The van der Waals surface area contributed by atoms with Crippen molar-refractivity contribution >= 4 is 27.6 Å². The number of Topliss-reactive ketones (excluding diaryl/α,β-unsaturated/α-hetero) is 1. The van der Waals surface area contributed by atoms with Crippen molar-refractivity contribution in [1.82, 2.24) is 4.98 Å². The number of esters is 1. The highest BCUT2D eigenvalue weighted by Gasteiger charge is 2.50. The molecule has 1 aromatic heterocycles. The second-order valence-electron chi connectivity index (χ2n) is 6.74. The number of hydrogen-bond donors (Lipinski definition) is 0. The van der Waals surface area contributed by atoms with Crippen LogP contribution in [0.5, 0.6) is 5.88 Å². The Balaban J connectivity index is 2.71. The van der Waals surface area contributed by atoms with Crippen LogP contribution in [-0.2, 0) is 19.6 Å². The zero-order valence-electron chi connectivity index (χ0n) is 16.9. The number of pyridine rings is 1. The molecular weight excluding hydrogens is 429 g/mol. The predicted octanol–water partition coefficient (Wildman–Crippen LogP) is 2.99. The number of aryl methyl sites for hydroxylation is 1. The van der Waals surface area contributed by atoms with E-state index in [0.717, 1.165) is 0 Å². The van der Waals surface area contributed by atoms with Crippen molar-refractivity contribution in [3.8, 4) is 5.88 Å². The SMILES string of the molecule is CCOC(=O)C1CN(C(CC)CC)c2cc(C)nc(OS(=O)(=O)C(F)(F)F)c2C1=O. The Labute approximate surface area is 172 Å².